The zero-order valence-corrected chi connectivity index (χ0v) is 11.0. The van der Waals surface area contributed by atoms with Crippen LogP contribution in [0.5, 0.6) is 5.75 Å². The van der Waals surface area contributed by atoms with Crippen molar-refractivity contribution in [3.63, 3.8) is 0 Å². The third-order valence-electron chi connectivity index (χ3n) is 3.00. The predicted molar refractivity (Wildman–Crippen MR) is 66.9 cm³/mol. The zero-order valence-electron chi connectivity index (χ0n) is 11.0. The highest BCUT2D eigenvalue weighted by atomic mass is 16.6. The summed E-state index contributed by atoms with van der Waals surface area (Å²) in [5.41, 5.74) is 2.24. The van der Waals surface area contributed by atoms with Crippen molar-refractivity contribution in [2.24, 2.45) is 0 Å². The average molecular weight is 264 g/mol. The maximum Gasteiger partial charge on any atom is 0.347 e. The van der Waals surface area contributed by atoms with Gasteiger partial charge in [0.05, 0.1) is 6.61 Å². The molecule has 1 fully saturated rings. The quantitative estimate of drug-likeness (QED) is 0.772. The Bertz CT molecular complexity index is 495. The molecule has 19 heavy (non-hydrogen) atoms. The smallest absolute Gasteiger partial charge is 0.347 e. The van der Waals surface area contributed by atoms with Gasteiger partial charge in [-0.25, -0.2) is 9.59 Å². The highest BCUT2D eigenvalue weighted by molar-refractivity contribution is 5.81. The molecule has 1 saturated heterocycles. The first-order valence-electron chi connectivity index (χ1n) is 6.12. The molecule has 1 unspecified atom stereocenters. The van der Waals surface area contributed by atoms with Crippen LogP contribution < -0.4 is 4.74 Å². The summed E-state index contributed by atoms with van der Waals surface area (Å²) in [5.74, 6) is -0.448. The lowest BCUT2D eigenvalue weighted by Gasteiger charge is -2.10. The number of rotatable bonds is 4. The molecule has 0 aromatic heterocycles. The minimum Gasteiger partial charge on any atom is -0.482 e. The number of esters is 2. The number of cyclic esters (lactones) is 1. The van der Waals surface area contributed by atoms with E-state index >= 15 is 0 Å². The topological polar surface area (TPSA) is 61.8 Å². The summed E-state index contributed by atoms with van der Waals surface area (Å²) in [4.78, 5) is 22.6. The van der Waals surface area contributed by atoms with E-state index in [-0.39, 0.29) is 6.61 Å². The van der Waals surface area contributed by atoms with E-state index in [1.165, 1.54) is 0 Å². The summed E-state index contributed by atoms with van der Waals surface area (Å²) in [6.07, 6.45) is -0.371. The van der Waals surface area contributed by atoms with Gasteiger partial charge < -0.3 is 14.2 Å². The second-order valence-corrected chi connectivity index (χ2v) is 4.47. The molecule has 0 amide bonds. The summed E-state index contributed by atoms with van der Waals surface area (Å²) in [6, 6.07) is 5.57. The molecular weight excluding hydrogens is 248 g/mol. The lowest BCUT2D eigenvalue weighted by Crippen LogP contribution is -2.26. The lowest BCUT2D eigenvalue weighted by molar-refractivity contribution is -0.161. The van der Waals surface area contributed by atoms with Crippen molar-refractivity contribution < 1.29 is 23.8 Å². The fraction of sp³-hybridized carbons (Fsp3) is 0.429. The van der Waals surface area contributed by atoms with Gasteiger partial charge in [-0.3, -0.25) is 0 Å². The van der Waals surface area contributed by atoms with Gasteiger partial charge in [-0.05, 0) is 37.1 Å². The van der Waals surface area contributed by atoms with Crippen LogP contribution in [0.25, 0.3) is 0 Å². The normalized spacial score (nSPS) is 18.0. The van der Waals surface area contributed by atoms with Gasteiger partial charge in [0.2, 0.25) is 6.10 Å². The second-order valence-electron chi connectivity index (χ2n) is 4.47. The van der Waals surface area contributed by atoms with E-state index in [0.717, 1.165) is 11.1 Å². The fourth-order valence-electron chi connectivity index (χ4n) is 1.72. The van der Waals surface area contributed by atoms with Crippen LogP contribution in [0.2, 0.25) is 0 Å². The van der Waals surface area contributed by atoms with E-state index in [9.17, 15) is 9.59 Å². The maximum atomic E-state index is 11.5. The molecule has 1 aliphatic heterocycles. The molecule has 1 atom stereocenters. The number of aryl methyl sites for hydroxylation is 2. The van der Waals surface area contributed by atoms with Crippen molar-refractivity contribution in [3.05, 3.63) is 29.3 Å². The largest absolute Gasteiger partial charge is 0.482 e. The first-order chi connectivity index (χ1) is 9.06. The third kappa shape index (κ3) is 3.47. The van der Waals surface area contributed by atoms with E-state index in [1.54, 1.807) is 6.07 Å². The number of hydrogen-bond donors (Lipinski definition) is 0. The Hall–Kier alpha value is -2.04. The zero-order chi connectivity index (χ0) is 13.8. The Morgan fingerprint density at radius 3 is 2.79 bits per heavy atom. The molecule has 0 N–H and O–H groups in total. The molecule has 5 nitrogen and oxygen atoms in total. The van der Waals surface area contributed by atoms with Crippen LogP contribution in [0.3, 0.4) is 0 Å². The molecule has 0 spiro atoms. The van der Waals surface area contributed by atoms with Crippen molar-refractivity contribution in [1.82, 2.24) is 0 Å². The third-order valence-corrected chi connectivity index (χ3v) is 3.00. The van der Waals surface area contributed by atoms with Crippen LogP contribution in [-0.2, 0) is 19.1 Å². The molecule has 0 saturated carbocycles. The molecule has 2 rings (SSSR count). The monoisotopic (exact) mass is 264 g/mol. The van der Waals surface area contributed by atoms with E-state index in [2.05, 4.69) is 0 Å². The Morgan fingerprint density at radius 1 is 1.37 bits per heavy atom. The molecule has 5 heteroatoms. The van der Waals surface area contributed by atoms with Crippen LogP contribution in [0.1, 0.15) is 17.5 Å². The van der Waals surface area contributed by atoms with Crippen molar-refractivity contribution in [2.75, 3.05) is 13.2 Å². The van der Waals surface area contributed by atoms with Crippen molar-refractivity contribution >= 4 is 11.9 Å². The Kier molecular flexibility index (Phi) is 4.04. The minimum absolute atomic E-state index is 0.216. The molecule has 0 bridgehead atoms. The molecule has 0 aliphatic carbocycles. The van der Waals surface area contributed by atoms with E-state index in [4.69, 9.17) is 14.2 Å². The standard InChI is InChI=1S/C14H16O5/c1-9-3-4-11(7-10(9)2)18-8-13(15)19-12-5-6-17-14(12)16/h3-4,7,12H,5-6,8H2,1-2H3. The van der Waals surface area contributed by atoms with Gasteiger partial charge in [0.1, 0.15) is 5.75 Å². The molecule has 1 heterocycles. The van der Waals surface area contributed by atoms with Crippen LogP contribution in [-0.4, -0.2) is 31.3 Å². The van der Waals surface area contributed by atoms with Gasteiger partial charge in [-0.1, -0.05) is 6.07 Å². The Balaban J connectivity index is 1.82. The number of carbonyl (C=O) groups excluding carboxylic acids is 2. The summed E-state index contributed by atoms with van der Waals surface area (Å²) in [7, 11) is 0. The maximum absolute atomic E-state index is 11.5. The Morgan fingerprint density at radius 2 is 2.16 bits per heavy atom. The first-order valence-corrected chi connectivity index (χ1v) is 6.12. The highest BCUT2D eigenvalue weighted by Gasteiger charge is 2.30. The van der Waals surface area contributed by atoms with E-state index < -0.39 is 18.0 Å². The number of hydrogen-bond acceptors (Lipinski definition) is 5. The van der Waals surface area contributed by atoms with Crippen molar-refractivity contribution in [2.45, 2.75) is 26.4 Å². The molecular formula is C14H16O5. The molecule has 0 radical (unpaired) electrons. The van der Waals surface area contributed by atoms with Crippen LogP contribution in [0.4, 0.5) is 0 Å². The summed E-state index contributed by atoms with van der Waals surface area (Å²) < 4.78 is 15.0. The highest BCUT2D eigenvalue weighted by Crippen LogP contribution is 2.16. The molecule has 1 aliphatic rings. The van der Waals surface area contributed by atoms with Gasteiger partial charge in [-0.2, -0.15) is 0 Å². The molecule has 1 aromatic carbocycles. The van der Waals surface area contributed by atoms with Crippen molar-refractivity contribution in [1.29, 1.82) is 0 Å². The minimum atomic E-state index is -0.782. The Labute approximate surface area is 111 Å². The summed E-state index contributed by atoms with van der Waals surface area (Å²) >= 11 is 0. The molecule has 102 valence electrons. The summed E-state index contributed by atoms with van der Waals surface area (Å²) in [5, 5.41) is 0. The van der Waals surface area contributed by atoms with Gasteiger partial charge in [0.25, 0.3) is 0 Å². The number of benzene rings is 1. The van der Waals surface area contributed by atoms with E-state index in [0.29, 0.717) is 18.8 Å². The van der Waals surface area contributed by atoms with Gasteiger partial charge in [0.15, 0.2) is 6.61 Å². The first kappa shape index (κ1) is 13.4. The van der Waals surface area contributed by atoms with Gasteiger partial charge in [0, 0.05) is 6.42 Å². The van der Waals surface area contributed by atoms with Crippen LogP contribution >= 0.6 is 0 Å². The number of carbonyl (C=O) groups is 2. The number of ether oxygens (including phenoxy) is 3. The van der Waals surface area contributed by atoms with E-state index in [1.807, 2.05) is 26.0 Å². The van der Waals surface area contributed by atoms with Crippen LogP contribution in [0.15, 0.2) is 18.2 Å². The lowest BCUT2D eigenvalue weighted by atomic mass is 10.1. The average Bonchev–Trinajstić information content (AvgIpc) is 2.77. The molecule has 1 aromatic rings. The van der Waals surface area contributed by atoms with Gasteiger partial charge in [-0.15, -0.1) is 0 Å². The summed E-state index contributed by atoms with van der Waals surface area (Å²) in [6.45, 7) is 4.05. The SMILES string of the molecule is Cc1ccc(OCC(=O)OC2CCOC2=O)cc1C. The second kappa shape index (κ2) is 5.73. The predicted octanol–water partition coefficient (Wildman–Crippen LogP) is 1.54. The fourth-order valence-corrected chi connectivity index (χ4v) is 1.72. The van der Waals surface area contributed by atoms with Crippen LogP contribution in [0, 0.1) is 13.8 Å². The van der Waals surface area contributed by atoms with Crippen molar-refractivity contribution in [3.8, 4) is 5.75 Å². The van der Waals surface area contributed by atoms with Gasteiger partial charge >= 0.3 is 11.9 Å².